The van der Waals surface area contributed by atoms with Gasteiger partial charge in [0.1, 0.15) is 0 Å². The zero-order valence-corrected chi connectivity index (χ0v) is 15.2. The first kappa shape index (κ1) is 17.1. The van der Waals surface area contributed by atoms with Crippen molar-refractivity contribution in [2.24, 2.45) is 18.9 Å². The lowest BCUT2D eigenvalue weighted by Gasteiger charge is -2.34. The lowest BCUT2D eigenvalue weighted by molar-refractivity contribution is -0.120. The SMILES string of the molecule is C[C@H]1[C@@H](NC(=O)CSc2nnc(-c3ccco3)n2C)CCC[C@@H]1C. The Morgan fingerprint density at radius 3 is 3.00 bits per heavy atom. The van der Waals surface area contributed by atoms with E-state index in [1.54, 1.807) is 6.26 Å². The Hall–Kier alpha value is -1.76. The molecule has 2 heterocycles. The minimum atomic E-state index is 0.0634. The molecule has 3 rings (SSSR count). The van der Waals surface area contributed by atoms with E-state index in [2.05, 4.69) is 29.4 Å². The summed E-state index contributed by atoms with van der Waals surface area (Å²) in [7, 11) is 1.88. The summed E-state index contributed by atoms with van der Waals surface area (Å²) in [5, 5.41) is 12.2. The van der Waals surface area contributed by atoms with E-state index in [0.29, 0.717) is 40.4 Å². The minimum Gasteiger partial charge on any atom is -0.461 e. The quantitative estimate of drug-likeness (QED) is 0.841. The van der Waals surface area contributed by atoms with Gasteiger partial charge in [0.05, 0.1) is 12.0 Å². The number of amides is 1. The third-order valence-electron chi connectivity index (χ3n) is 4.96. The number of aromatic nitrogens is 3. The summed E-state index contributed by atoms with van der Waals surface area (Å²) in [6.45, 7) is 4.51. The van der Waals surface area contributed by atoms with Crippen LogP contribution in [0.4, 0.5) is 0 Å². The van der Waals surface area contributed by atoms with Crippen LogP contribution in [0, 0.1) is 11.8 Å². The van der Waals surface area contributed by atoms with Crippen LogP contribution in [-0.2, 0) is 11.8 Å². The van der Waals surface area contributed by atoms with Crippen molar-refractivity contribution in [2.45, 2.75) is 44.3 Å². The smallest absolute Gasteiger partial charge is 0.230 e. The van der Waals surface area contributed by atoms with E-state index in [9.17, 15) is 4.79 Å². The van der Waals surface area contributed by atoms with Gasteiger partial charge in [0.25, 0.3) is 0 Å². The molecule has 0 spiro atoms. The van der Waals surface area contributed by atoms with Gasteiger partial charge in [-0.15, -0.1) is 10.2 Å². The normalized spacial score (nSPS) is 24.0. The van der Waals surface area contributed by atoms with Crippen LogP contribution in [0.1, 0.15) is 33.1 Å². The zero-order chi connectivity index (χ0) is 17.1. The number of carbonyl (C=O) groups excluding carboxylic acids is 1. The highest BCUT2D eigenvalue weighted by atomic mass is 32.2. The Balaban J connectivity index is 1.55. The molecule has 2 aromatic rings. The van der Waals surface area contributed by atoms with E-state index in [4.69, 9.17) is 4.42 Å². The van der Waals surface area contributed by atoms with Gasteiger partial charge < -0.3 is 14.3 Å². The fourth-order valence-corrected chi connectivity index (χ4v) is 3.95. The van der Waals surface area contributed by atoms with Crippen LogP contribution in [-0.4, -0.2) is 32.5 Å². The molecule has 1 amide bonds. The summed E-state index contributed by atoms with van der Waals surface area (Å²) < 4.78 is 7.20. The van der Waals surface area contributed by atoms with Crippen molar-refractivity contribution in [1.29, 1.82) is 0 Å². The monoisotopic (exact) mass is 348 g/mol. The number of hydrogen-bond acceptors (Lipinski definition) is 5. The fraction of sp³-hybridized carbons (Fsp3) is 0.588. The van der Waals surface area contributed by atoms with E-state index in [0.717, 1.165) is 6.42 Å². The lowest BCUT2D eigenvalue weighted by Crippen LogP contribution is -2.44. The number of hydrogen-bond donors (Lipinski definition) is 1. The lowest BCUT2D eigenvalue weighted by atomic mass is 9.78. The second-order valence-corrected chi connectivity index (χ2v) is 7.51. The van der Waals surface area contributed by atoms with Crippen LogP contribution in [0.15, 0.2) is 28.0 Å². The molecule has 1 aliphatic carbocycles. The molecule has 1 saturated carbocycles. The molecule has 1 fully saturated rings. The number of nitrogens with zero attached hydrogens (tertiary/aromatic N) is 3. The molecule has 0 bridgehead atoms. The number of furan rings is 1. The summed E-state index contributed by atoms with van der Waals surface area (Å²) in [5.74, 6) is 2.96. The van der Waals surface area contributed by atoms with Gasteiger partial charge in [-0.25, -0.2) is 0 Å². The average molecular weight is 348 g/mol. The zero-order valence-electron chi connectivity index (χ0n) is 14.4. The molecule has 24 heavy (non-hydrogen) atoms. The van der Waals surface area contributed by atoms with E-state index in [-0.39, 0.29) is 5.91 Å². The molecule has 6 nitrogen and oxygen atoms in total. The maximum atomic E-state index is 12.3. The molecule has 130 valence electrons. The minimum absolute atomic E-state index is 0.0634. The number of nitrogens with one attached hydrogen (secondary N) is 1. The second-order valence-electron chi connectivity index (χ2n) is 6.57. The number of carbonyl (C=O) groups is 1. The van der Waals surface area contributed by atoms with Crippen LogP contribution in [0.3, 0.4) is 0 Å². The van der Waals surface area contributed by atoms with Crippen LogP contribution in [0.25, 0.3) is 11.6 Å². The molecule has 7 heteroatoms. The first-order valence-electron chi connectivity index (χ1n) is 8.41. The molecule has 0 aliphatic heterocycles. The van der Waals surface area contributed by atoms with Crippen molar-refractivity contribution in [1.82, 2.24) is 20.1 Å². The van der Waals surface area contributed by atoms with Gasteiger partial charge in [-0.1, -0.05) is 38.5 Å². The van der Waals surface area contributed by atoms with Crippen molar-refractivity contribution in [2.75, 3.05) is 5.75 Å². The molecule has 1 N–H and O–H groups in total. The summed E-state index contributed by atoms with van der Waals surface area (Å²) in [5.41, 5.74) is 0. The highest BCUT2D eigenvalue weighted by Gasteiger charge is 2.28. The van der Waals surface area contributed by atoms with Gasteiger partial charge in [0, 0.05) is 13.1 Å². The molecule has 0 unspecified atom stereocenters. The van der Waals surface area contributed by atoms with E-state index >= 15 is 0 Å². The Bertz CT molecular complexity index is 683. The molecule has 0 aromatic carbocycles. The van der Waals surface area contributed by atoms with Crippen LogP contribution < -0.4 is 5.32 Å². The topological polar surface area (TPSA) is 73.0 Å². The average Bonchev–Trinajstić information content (AvgIpc) is 3.19. The standard InChI is InChI=1S/C17H24N4O2S/c1-11-6-4-7-13(12(11)2)18-15(22)10-24-17-20-19-16(21(17)3)14-8-5-9-23-14/h5,8-9,11-13H,4,6-7,10H2,1-3H3,(H,18,22)/t11-,12+,13-/m0/s1. The molecule has 0 radical (unpaired) electrons. The Morgan fingerprint density at radius 1 is 1.42 bits per heavy atom. The Kier molecular flexibility index (Phi) is 5.28. The molecule has 1 aliphatic rings. The van der Waals surface area contributed by atoms with Crippen LogP contribution in [0.5, 0.6) is 0 Å². The molecule has 3 atom stereocenters. The van der Waals surface area contributed by atoms with Crippen molar-refractivity contribution in [3.05, 3.63) is 18.4 Å². The highest BCUT2D eigenvalue weighted by molar-refractivity contribution is 7.99. The molecular formula is C17H24N4O2S. The maximum absolute atomic E-state index is 12.3. The van der Waals surface area contributed by atoms with Crippen molar-refractivity contribution >= 4 is 17.7 Å². The second kappa shape index (κ2) is 7.42. The van der Waals surface area contributed by atoms with E-state index < -0.39 is 0 Å². The van der Waals surface area contributed by atoms with Gasteiger partial charge in [0.2, 0.25) is 5.91 Å². The number of thioether (sulfide) groups is 1. The number of rotatable bonds is 5. The van der Waals surface area contributed by atoms with Crippen LogP contribution >= 0.6 is 11.8 Å². The van der Waals surface area contributed by atoms with Gasteiger partial charge >= 0.3 is 0 Å². The molecule has 0 saturated heterocycles. The highest BCUT2D eigenvalue weighted by Crippen LogP contribution is 2.29. The third kappa shape index (κ3) is 3.66. The third-order valence-corrected chi connectivity index (χ3v) is 5.98. The van der Waals surface area contributed by atoms with Crippen molar-refractivity contribution in [3.63, 3.8) is 0 Å². The van der Waals surface area contributed by atoms with Crippen LogP contribution in [0.2, 0.25) is 0 Å². The summed E-state index contributed by atoms with van der Waals surface area (Å²) >= 11 is 1.40. The summed E-state index contributed by atoms with van der Waals surface area (Å²) in [6.07, 6.45) is 5.14. The van der Waals surface area contributed by atoms with E-state index in [1.807, 2.05) is 23.7 Å². The summed E-state index contributed by atoms with van der Waals surface area (Å²) in [6, 6.07) is 3.95. The first-order chi connectivity index (χ1) is 11.6. The Morgan fingerprint density at radius 2 is 2.25 bits per heavy atom. The Labute approximate surface area is 146 Å². The van der Waals surface area contributed by atoms with Gasteiger partial charge in [0.15, 0.2) is 16.7 Å². The fourth-order valence-electron chi connectivity index (χ4n) is 3.23. The van der Waals surface area contributed by atoms with E-state index in [1.165, 1.54) is 24.6 Å². The maximum Gasteiger partial charge on any atom is 0.230 e. The van der Waals surface area contributed by atoms with Crippen molar-refractivity contribution in [3.8, 4) is 11.6 Å². The molecular weight excluding hydrogens is 324 g/mol. The predicted molar refractivity (Wildman–Crippen MR) is 93.5 cm³/mol. The molecule has 2 aromatic heterocycles. The predicted octanol–water partition coefficient (Wildman–Crippen LogP) is 3.11. The first-order valence-corrected chi connectivity index (χ1v) is 9.40. The van der Waals surface area contributed by atoms with Gasteiger partial charge in [-0.05, 0) is 30.4 Å². The van der Waals surface area contributed by atoms with Gasteiger partial charge in [-0.2, -0.15) is 0 Å². The summed E-state index contributed by atoms with van der Waals surface area (Å²) in [4.78, 5) is 12.3. The van der Waals surface area contributed by atoms with Gasteiger partial charge in [-0.3, -0.25) is 4.79 Å². The van der Waals surface area contributed by atoms with Crippen molar-refractivity contribution < 1.29 is 9.21 Å². The largest absolute Gasteiger partial charge is 0.461 e.